The van der Waals surface area contributed by atoms with Crippen LogP contribution < -0.4 is 5.32 Å². The van der Waals surface area contributed by atoms with Gasteiger partial charge in [-0.1, -0.05) is 20.8 Å². The molecule has 1 aliphatic heterocycles. The van der Waals surface area contributed by atoms with Gasteiger partial charge in [0.15, 0.2) is 0 Å². The van der Waals surface area contributed by atoms with Crippen LogP contribution in [-0.4, -0.2) is 30.1 Å². The van der Waals surface area contributed by atoms with Gasteiger partial charge in [-0.3, -0.25) is 9.78 Å². The first-order valence-electron chi connectivity index (χ1n) is 6.74. The predicted molar refractivity (Wildman–Crippen MR) is 73.6 cm³/mol. The number of amides is 1. The molecule has 1 aromatic heterocycles. The van der Waals surface area contributed by atoms with Crippen LogP contribution in [0, 0.1) is 11.3 Å². The van der Waals surface area contributed by atoms with Crippen LogP contribution in [0.5, 0.6) is 0 Å². The quantitative estimate of drug-likeness (QED) is 0.903. The largest absolute Gasteiger partial charge is 0.379 e. The molecule has 1 aliphatic rings. The van der Waals surface area contributed by atoms with Gasteiger partial charge in [-0.25, -0.2) is 0 Å². The highest BCUT2D eigenvalue weighted by molar-refractivity contribution is 5.81. The van der Waals surface area contributed by atoms with Crippen LogP contribution in [0.25, 0.3) is 0 Å². The van der Waals surface area contributed by atoms with Crippen LogP contribution in [0.1, 0.15) is 26.3 Å². The molecular formula is C15H22N2O2. The van der Waals surface area contributed by atoms with Gasteiger partial charge >= 0.3 is 0 Å². The fourth-order valence-electron chi connectivity index (χ4n) is 2.17. The number of aromatic nitrogens is 1. The fraction of sp³-hybridized carbons (Fsp3) is 0.600. The topological polar surface area (TPSA) is 51.2 Å². The first-order valence-corrected chi connectivity index (χ1v) is 6.74. The number of pyridine rings is 1. The summed E-state index contributed by atoms with van der Waals surface area (Å²) in [6.07, 6.45) is 4.51. The second-order valence-corrected chi connectivity index (χ2v) is 6.19. The molecule has 0 radical (unpaired) electrons. The first-order chi connectivity index (χ1) is 8.97. The van der Waals surface area contributed by atoms with E-state index >= 15 is 0 Å². The molecule has 0 saturated carbocycles. The second-order valence-electron chi connectivity index (χ2n) is 6.19. The number of nitrogens with one attached hydrogen (secondary N) is 1. The van der Waals surface area contributed by atoms with E-state index in [1.54, 1.807) is 12.4 Å². The summed E-state index contributed by atoms with van der Waals surface area (Å²) in [6.45, 7) is 7.09. The fourth-order valence-corrected chi connectivity index (χ4v) is 2.17. The molecule has 4 heteroatoms. The summed E-state index contributed by atoms with van der Waals surface area (Å²) in [6, 6.07) is 4.14. The molecule has 1 amide bonds. The average molecular weight is 262 g/mol. The van der Waals surface area contributed by atoms with Crippen molar-refractivity contribution in [2.45, 2.75) is 33.2 Å². The highest BCUT2D eigenvalue weighted by Crippen LogP contribution is 2.21. The van der Waals surface area contributed by atoms with Crippen LogP contribution in [-0.2, 0) is 16.0 Å². The van der Waals surface area contributed by atoms with E-state index in [4.69, 9.17) is 4.74 Å². The number of hydrogen-bond acceptors (Lipinski definition) is 3. The van der Waals surface area contributed by atoms with Crippen LogP contribution in [0.15, 0.2) is 24.5 Å². The molecule has 104 valence electrons. The van der Waals surface area contributed by atoms with E-state index in [2.05, 4.69) is 10.3 Å². The van der Waals surface area contributed by atoms with Crippen molar-refractivity contribution in [2.75, 3.05) is 13.2 Å². The third-order valence-corrected chi connectivity index (χ3v) is 3.44. The molecule has 2 rings (SSSR count). The summed E-state index contributed by atoms with van der Waals surface area (Å²) >= 11 is 0. The standard InChI is InChI=1S/C15H22N2O2/c1-15(2,3)14(18)17-13-10-19-9-12(13)8-11-4-6-16-7-5-11/h4-7,12-13H,8-10H2,1-3H3,(H,17,18)/t12-,13+/m1/s1. The SMILES string of the molecule is CC(C)(C)C(=O)N[C@H]1COC[C@H]1Cc1ccncc1. The molecule has 2 heterocycles. The molecule has 4 nitrogen and oxygen atoms in total. The van der Waals surface area contributed by atoms with Crippen molar-refractivity contribution in [3.63, 3.8) is 0 Å². The Morgan fingerprint density at radius 2 is 2.05 bits per heavy atom. The van der Waals surface area contributed by atoms with Crippen molar-refractivity contribution in [3.05, 3.63) is 30.1 Å². The number of ether oxygens (including phenoxy) is 1. The van der Waals surface area contributed by atoms with Crippen LogP contribution in [0.3, 0.4) is 0 Å². The van der Waals surface area contributed by atoms with Crippen molar-refractivity contribution in [2.24, 2.45) is 11.3 Å². The summed E-state index contributed by atoms with van der Waals surface area (Å²) in [5, 5.41) is 3.11. The zero-order valence-electron chi connectivity index (χ0n) is 11.8. The minimum atomic E-state index is -0.357. The molecule has 0 aromatic carbocycles. The average Bonchev–Trinajstić information content (AvgIpc) is 2.77. The number of hydrogen-bond donors (Lipinski definition) is 1. The normalized spacial score (nSPS) is 23.3. The van der Waals surface area contributed by atoms with Crippen LogP contribution in [0.4, 0.5) is 0 Å². The predicted octanol–water partition coefficient (Wildman–Crippen LogP) is 1.80. The smallest absolute Gasteiger partial charge is 0.225 e. The van der Waals surface area contributed by atoms with Crippen LogP contribution >= 0.6 is 0 Å². The van der Waals surface area contributed by atoms with E-state index in [-0.39, 0.29) is 17.4 Å². The zero-order valence-corrected chi connectivity index (χ0v) is 11.8. The Kier molecular flexibility index (Phi) is 4.20. The van der Waals surface area contributed by atoms with Gasteiger partial charge in [-0.15, -0.1) is 0 Å². The highest BCUT2D eigenvalue weighted by atomic mass is 16.5. The molecule has 19 heavy (non-hydrogen) atoms. The maximum atomic E-state index is 12.0. The van der Waals surface area contributed by atoms with Crippen molar-refractivity contribution in [1.82, 2.24) is 10.3 Å². The van der Waals surface area contributed by atoms with E-state index < -0.39 is 0 Å². The van der Waals surface area contributed by atoms with E-state index in [0.717, 1.165) is 6.42 Å². The lowest BCUT2D eigenvalue weighted by Gasteiger charge is -2.24. The van der Waals surface area contributed by atoms with Crippen molar-refractivity contribution in [1.29, 1.82) is 0 Å². The van der Waals surface area contributed by atoms with Crippen molar-refractivity contribution >= 4 is 5.91 Å². The molecule has 0 aliphatic carbocycles. The van der Waals surface area contributed by atoms with Gasteiger partial charge in [0.1, 0.15) is 0 Å². The second kappa shape index (κ2) is 5.70. The minimum Gasteiger partial charge on any atom is -0.379 e. The molecule has 2 atom stereocenters. The number of rotatable bonds is 3. The lowest BCUT2D eigenvalue weighted by Crippen LogP contribution is -2.45. The summed E-state index contributed by atoms with van der Waals surface area (Å²) in [5.41, 5.74) is 0.879. The first kappa shape index (κ1) is 14.0. The minimum absolute atomic E-state index is 0.0859. The van der Waals surface area contributed by atoms with Gasteiger partial charge in [0.25, 0.3) is 0 Å². The summed E-state index contributed by atoms with van der Waals surface area (Å²) < 4.78 is 5.53. The highest BCUT2D eigenvalue weighted by Gasteiger charge is 2.32. The van der Waals surface area contributed by atoms with Gasteiger partial charge in [-0.05, 0) is 24.1 Å². The number of nitrogens with zero attached hydrogens (tertiary/aromatic N) is 1. The Morgan fingerprint density at radius 3 is 2.68 bits per heavy atom. The van der Waals surface area contributed by atoms with E-state index in [1.807, 2.05) is 32.9 Å². The van der Waals surface area contributed by atoms with Gasteiger partial charge in [-0.2, -0.15) is 0 Å². The monoisotopic (exact) mass is 262 g/mol. The van der Waals surface area contributed by atoms with E-state index in [1.165, 1.54) is 5.56 Å². The van der Waals surface area contributed by atoms with E-state index in [0.29, 0.717) is 19.1 Å². The molecule has 1 fully saturated rings. The maximum Gasteiger partial charge on any atom is 0.225 e. The van der Waals surface area contributed by atoms with Gasteiger partial charge in [0, 0.05) is 23.7 Å². The summed E-state index contributed by atoms with van der Waals surface area (Å²) in [7, 11) is 0. The third-order valence-electron chi connectivity index (χ3n) is 3.44. The molecular weight excluding hydrogens is 240 g/mol. The number of carbonyl (C=O) groups excluding carboxylic acids is 1. The van der Waals surface area contributed by atoms with Crippen molar-refractivity contribution < 1.29 is 9.53 Å². The Hall–Kier alpha value is -1.42. The molecule has 0 unspecified atom stereocenters. The Bertz CT molecular complexity index is 426. The van der Waals surface area contributed by atoms with Crippen molar-refractivity contribution in [3.8, 4) is 0 Å². The lowest BCUT2D eigenvalue weighted by molar-refractivity contribution is -0.129. The molecule has 0 spiro atoms. The van der Waals surface area contributed by atoms with Gasteiger partial charge < -0.3 is 10.1 Å². The summed E-state index contributed by atoms with van der Waals surface area (Å²) in [5.74, 6) is 0.427. The Morgan fingerprint density at radius 1 is 1.37 bits per heavy atom. The zero-order chi connectivity index (χ0) is 13.9. The molecule has 0 bridgehead atoms. The lowest BCUT2D eigenvalue weighted by atomic mass is 9.92. The maximum absolute atomic E-state index is 12.0. The molecule has 1 saturated heterocycles. The summed E-state index contributed by atoms with van der Waals surface area (Å²) in [4.78, 5) is 16.1. The van der Waals surface area contributed by atoms with Crippen LogP contribution in [0.2, 0.25) is 0 Å². The van der Waals surface area contributed by atoms with Gasteiger partial charge in [0.2, 0.25) is 5.91 Å². The number of carbonyl (C=O) groups is 1. The Labute approximate surface area is 114 Å². The third kappa shape index (κ3) is 3.77. The van der Waals surface area contributed by atoms with E-state index in [9.17, 15) is 4.79 Å². The molecule has 1 aromatic rings. The van der Waals surface area contributed by atoms with Gasteiger partial charge in [0.05, 0.1) is 19.3 Å². The molecule has 1 N–H and O–H groups in total. The Balaban J connectivity index is 1.96.